The van der Waals surface area contributed by atoms with Gasteiger partial charge in [0, 0.05) is 17.6 Å². The van der Waals surface area contributed by atoms with Crippen molar-refractivity contribution in [2.24, 2.45) is 5.92 Å². The summed E-state index contributed by atoms with van der Waals surface area (Å²) in [5.41, 5.74) is 1.33. The molecule has 106 valence electrons. The Kier molecular flexibility index (Phi) is 5.68. The van der Waals surface area contributed by atoms with Crippen molar-refractivity contribution in [3.63, 3.8) is 0 Å². The quantitative estimate of drug-likeness (QED) is 0.884. The molecule has 1 aliphatic rings. The molecule has 1 aliphatic heterocycles. The van der Waals surface area contributed by atoms with Crippen LogP contribution >= 0.6 is 11.6 Å². The van der Waals surface area contributed by atoms with Crippen LogP contribution in [0.25, 0.3) is 0 Å². The van der Waals surface area contributed by atoms with Crippen molar-refractivity contribution in [1.29, 1.82) is 0 Å². The van der Waals surface area contributed by atoms with Gasteiger partial charge in [-0.15, -0.1) is 0 Å². The molecule has 0 spiro atoms. The first-order valence-corrected chi connectivity index (χ1v) is 7.75. The Morgan fingerprint density at radius 3 is 2.95 bits per heavy atom. The fourth-order valence-electron chi connectivity index (χ4n) is 3.13. The second kappa shape index (κ2) is 7.28. The lowest BCUT2D eigenvalue weighted by Gasteiger charge is -2.33. The van der Waals surface area contributed by atoms with Gasteiger partial charge in [0.25, 0.3) is 0 Å². The maximum atomic E-state index is 6.11. The Bertz CT molecular complexity index is 388. The van der Waals surface area contributed by atoms with Crippen molar-refractivity contribution in [3.8, 4) is 0 Å². The smallest absolute Gasteiger partial charge is 0.0409 e. The fraction of sp³-hybridized carbons (Fsp3) is 0.625. The molecule has 1 aromatic rings. The molecule has 0 bridgehead atoms. The molecule has 2 atom stereocenters. The van der Waals surface area contributed by atoms with E-state index in [9.17, 15) is 0 Å². The zero-order valence-electron chi connectivity index (χ0n) is 12.0. The number of piperidine rings is 1. The van der Waals surface area contributed by atoms with Crippen LogP contribution in [0.3, 0.4) is 0 Å². The summed E-state index contributed by atoms with van der Waals surface area (Å²) >= 11 is 6.11. The number of hydrogen-bond acceptors (Lipinski definition) is 2. The van der Waals surface area contributed by atoms with Gasteiger partial charge in [-0.2, -0.15) is 0 Å². The molecule has 2 rings (SSSR count). The maximum absolute atomic E-state index is 6.11. The van der Waals surface area contributed by atoms with Crippen LogP contribution in [0.1, 0.15) is 37.8 Å². The molecule has 19 heavy (non-hydrogen) atoms. The summed E-state index contributed by atoms with van der Waals surface area (Å²) < 4.78 is 0. The molecule has 0 aliphatic carbocycles. The van der Waals surface area contributed by atoms with Crippen LogP contribution in [-0.4, -0.2) is 31.6 Å². The van der Waals surface area contributed by atoms with E-state index in [0.717, 1.165) is 30.5 Å². The minimum atomic E-state index is 0.473. The summed E-state index contributed by atoms with van der Waals surface area (Å²) in [5.74, 6) is 0.784. The van der Waals surface area contributed by atoms with Crippen molar-refractivity contribution >= 4 is 11.6 Å². The van der Waals surface area contributed by atoms with Gasteiger partial charge in [-0.1, -0.05) is 30.7 Å². The summed E-state index contributed by atoms with van der Waals surface area (Å²) in [6.45, 7) is 5.77. The third-order valence-electron chi connectivity index (χ3n) is 4.10. The Hall–Kier alpha value is -0.570. The first-order chi connectivity index (χ1) is 9.20. The molecule has 0 radical (unpaired) electrons. The van der Waals surface area contributed by atoms with E-state index in [-0.39, 0.29) is 0 Å². The van der Waals surface area contributed by atoms with Crippen LogP contribution in [0.15, 0.2) is 24.3 Å². The lowest BCUT2D eigenvalue weighted by Crippen LogP contribution is -2.38. The van der Waals surface area contributed by atoms with E-state index in [1.807, 2.05) is 6.07 Å². The van der Waals surface area contributed by atoms with Crippen molar-refractivity contribution in [2.45, 2.75) is 32.2 Å². The number of hydrogen-bond donors (Lipinski definition) is 1. The van der Waals surface area contributed by atoms with Crippen LogP contribution in [0, 0.1) is 5.92 Å². The lowest BCUT2D eigenvalue weighted by molar-refractivity contribution is 0.185. The van der Waals surface area contributed by atoms with Crippen LogP contribution in [-0.2, 0) is 0 Å². The van der Waals surface area contributed by atoms with Gasteiger partial charge >= 0.3 is 0 Å². The average Bonchev–Trinajstić information content (AvgIpc) is 2.41. The standard InChI is InChI=1S/C16H25ClN2/c1-3-16(14-7-4-8-15(17)10-14)19(2)12-13-6-5-9-18-11-13/h4,7-8,10,13,16,18H,3,5-6,9,11-12H2,1-2H3. The highest BCUT2D eigenvalue weighted by molar-refractivity contribution is 6.30. The van der Waals surface area contributed by atoms with Gasteiger partial charge in [0.05, 0.1) is 0 Å². The summed E-state index contributed by atoms with van der Waals surface area (Å²) in [7, 11) is 2.24. The second-order valence-electron chi connectivity index (χ2n) is 5.63. The highest BCUT2D eigenvalue weighted by atomic mass is 35.5. The predicted octanol–water partition coefficient (Wildman–Crippen LogP) is 3.72. The van der Waals surface area contributed by atoms with Crippen LogP contribution in [0.2, 0.25) is 5.02 Å². The number of nitrogens with zero attached hydrogens (tertiary/aromatic N) is 1. The van der Waals surface area contributed by atoms with Crippen molar-refractivity contribution in [3.05, 3.63) is 34.9 Å². The molecule has 0 saturated carbocycles. The molecule has 0 amide bonds. The van der Waals surface area contributed by atoms with Gasteiger partial charge < -0.3 is 5.32 Å². The van der Waals surface area contributed by atoms with Crippen molar-refractivity contribution in [1.82, 2.24) is 10.2 Å². The largest absolute Gasteiger partial charge is 0.316 e. The zero-order chi connectivity index (χ0) is 13.7. The Balaban J connectivity index is 1.99. The van der Waals surface area contributed by atoms with Crippen LogP contribution < -0.4 is 5.32 Å². The number of rotatable bonds is 5. The van der Waals surface area contributed by atoms with E-state index < -0.39 is 0 Å². The number of halogens is 1. The minimum absolute atomic E-state index is 0.473. The highest BCUT2D eigenvalue weighted by Gasteiger charge is 2.20. The van der Waals surface area contributed by atoms with Gasteiger partial charge in [0.1, 0.15) is 0 Å². The first-order valence-electron chi connectivity index (χ1n) is 7.37. The third kappa shape index (κ3) is 4.20. The Morgan fingerprint density at radius 2 is 2.32 bits per heavy atom. The minimum Gasteiger partial charge on any atom is -0.316 e. The average molecular weight is 281 g/mol. The molecule has 1 heterocycles. The van der Waals surface area contributed by atoms with Gasteiger partial charge in [-0.05, 0) is 63.0 Å². The van der Waals surface area contributed by atoms with E-state index >= 15 is 0 Å². The SMILES string of the molecule is CCC(c1cccc(Cl)c1)N(C)CC1CCCNC1. The van der Waals surface area contributed by atoms with Gasteiger partial charge in [-0.3, -0.25) is 4.90 Å². The van der Waals surface area contributed by atoms with E-state index in [2.05, 4.69) is 42.4 Å². The van der Waals surface area contributed by atoms with Crippen LogP contribution in [0.4, 0.5) is 0 Å². The maximum Gasteiger partial charge on any atom is 0.0409 e. The van der Waals surface area contributed by atoms with Crippen LogP contribution in [0.5, 0.6) is 0 Å². The summed E-state index contributed by atoms with van der Waals surface area (Å²) in [4.78, 5) is 2.49. The molecule has 2 nitrogen and oxygen atoms in total. The molecular formula is C16H25ClN2. The molecule has 0 aromatic heterocycles. The second-order valence-corrected chi connectivity index (χ2v) is 6.07. The molecule has 1 N–H and O–H groups in total. The van der Waals surface area contributed by atoms with Crippen molar-refractivity contribution in [2.75, 3.05) is 26.7 Å². The first kappa shape index (κ1) is 14.8. The van der Waals surface area contributed by atoms with E-state index in [1.54, 1.807) is 0 Å². The molecule has 3 heteroatoms. The Labute approximate surface area is 122 Å². The predicted molar refractivity (Wildman–Crippen MR) is 82.7 cm³/mol. The molecule has 1 fully saturated rings. The Morgan fingerprint density at radius 1 is 1.47 bits per heavy atom. The highest BCUT2D eigenvalue weighted by Crippen LogP contribution is 2.26. The summed E-state index contributed by atoms with van der Waals surface area (Å²) in [5, 5.41) is 4.33. The monoisotopic (exact) mass is 280 g/mol. The van der Waals surface area contributed by atoms with Gasteiger partial charge in [0.15, 0.2) is 0 Å². The molecule has 2 unspecified atom stereocenters. The topological polar surface area (TPSA) is 15.3 Å². The van der Waals surface area contributed by atoms with E-state index in [4.69, 9.17) is 11.6 Å². The molecule has 1 saturated heterocycles. The zero-order valence-corrected chi connectivity index (χ0v) is 12.8. The normalized spacial score (nSPS) is 21.6. The third-order valence-corrected chi connectivity index (χ3v) is 4.33. The van der Waals surface area contributed by atoms with Gasteiger partial charge in [-0.25, -0.2) is 0 Å². The molecular weight excluding hydrogens is 256 g/mol. The number of nitrogens with one attached hydrogen (secondary N) is 1. The van der Waals surface area contributed by atoms with Gasteiger partial charge in [0.2, 0.25) is 0 Å². The van der Waals surface area contributed by atoms with E-state index in [1.165, 1.54) is 24.9 Å². The number of benzene rings is 1. The lowest BCUT2D eigenvalue weighted by atomic mass is 9.96. The van der Waals surface area contributed by atoms with Crippen molar-refractivity contribution < 1.29 is 0 Å². The molecule has 1 aromatic carbocycles. The summed E-state index contributed by atoms with van der Waals surface area (Å²) in [6, 6.07) is 8.76. The fourth-order valence-corrected chi connectivity index (χ4v) is 3.33. The van der Waals surface area contributed by atoms with E-state index in [0.29, 0.717) is 6.04 Å². The summed E-state index contributed by atoms with van der Waals surface area (Å²) in [6.07, 6.45) is 3.78.